The molecule has 0 aliphatic carbocycles. The fraction of sp³-hybridized carbons (Fsp3) is 0.818. The normalized spacial score (nSPS) is 27.2. The molecule has 0 aromatic carbocycles. The second-order valence-electron chi connectivity index (χ2n) is 5.13. The topological polar surface area (TPSA) is 83.6 Å². The average molecular weight is 282 g/mol. The summed E-state index contributed by atoms with van der Waals surface area (Å²) in [5.74, 6) is -2.60. The zero-order chi connectivity index (χ0) is 15.1. The number of carbonyl (C=O) groups excluding carboxylic acids is 1. The molecule has 0 bridgehead atoms. The van der Waals surface area contributed by atoms with E-state index in [1.807, 2.05) is 0 Å². The molecule has 1 heterocycles. The third-order valence-corrected chi connectivity index (χ3v) is 3.73. The zero-order valence-corrected chi connectivity index (χ0v) is 10.8. The Hall–Kier alpha value is -1.31. The van der Waals surface area contributed by atoms with Crippen LogP contribution >= 0.6 is 0 Å². The van der Waals surface area contributed by atoms with Crippen LogP contribution in [0, 0.1) is 5.41 Å². The van der Waals surface area contributed by atoms with Crippen LogP contribution in [-0.4, -0.2) is 46.7 Å². The van der Waals surface area contributed by atoms with Crippen LogP contribution in [0.5, 0.6) is 0 Å². The van der Waals surface area contributed by atoms with Crippen molar-refractivity contribution >= 4 is 11.9 Å². The molecule has 3 N–H and O–H groups in total. The van der Waals surface area contributed by atoms with Gasteiger partial charge in [0.25, 0.3) is 0 Å². The smallest absolute Gasteiger partial charge is 0.406 e. The maximum absolute atomic E-state index is 12.9. The van der Waals surface area contributed by atoms with Gasteiger partial charge >= 0.3 is 12.1 Å². The van der Waals surface area contributed by atoms with E-state index in [1.54, 1.807) is 6.92 Å². The molecular formula is C11H17F3N2O3. The number of halogens is 3. The van der Waals surface area contributed by atoms with E-state index in [2.05, 4.69) is 0 Å². The van der Waals surface area contributed by atoms with Crippen molar-refractivity contribution in [2.45, 2.75) is 38.4 Å². The first-order valence-electron chi connectivity index (χ1n) is 5.86. The maximum Gasteiger partial charge on any atom is 0.406 e. The van der Waals surface area contributed by atoms with Crippen molar-refractivity contribution in [1.82, 2.24) is 4.90 Å². The van der Waals surface area contributed by atoms with E-state index in [9.17, 15) is 22.8 Å². The van der Waals surface area contributed by atoms with Crippen LogP contribution in [0.25, 0.3) is 0 Å². The Balaban J connectivity index is 2.99. The SMILES string of the molecule is CCC(C)(N)C(=O)N1CCC(C(=O)O)(C(F)(F)F)C1. The molecule has 1 amide bonds. The first kappa shape index (κ1) is 15.7. The van der Waals surface area contributed by atoms with Gasteiger partial charge in [0.2, 0.25) is 5.91 Å². The predicted octanol–water partition coefficient (Wildman–Crippen LogP) is 0.979. The molecule has 0 spiro atoms. The lowest BCUT2D eigenvalue weighted by molar-refractivity contribution is -0.227. The monoisotopic (exact) mass is 282 g/mol. The molecule has 0 aromatic heterocycles. The van der Waals surface area contributed by atoms with Gasteiger partial charge < -0.3 is 15.7 Å². The summed E-state index contributed by atoms with van der Waals surface area (Å²) in [6.45, 7) is 1.93. The number of carboxylic acids is 1. The van der Waals surface area contributed by atoms with E-state index in [0.717, 1.165) is 4.90 Å². The molecule has 0 saturated carbocycles. The number of aliphatic carboxylic acids is 1. The van der Waals surface area contributed by atoms with Gasteiger partial charge in [0, 0.05) is 13.1 Å². The molecule has 19 heavy (non-hydrogen) atoms. The van der Waals surface area contributed by atoms with Crippen molar-refractivity contribution in [1.29, 1.82) is 0 Å². The third kappa shape index (κ3) is 2.54. The van der Waals surface area contributed by atoms with Crippen LogP contribution in [-0.2, 0) is 9.59 Å². The van der Waals surface area contributed by atoms with Gasteiger partial charge in [-0.15, -0.1) is 0 Å². The fourth-order valence-electron chi connectivity index (χ4n) is 2.02. The van der Waals surface area contributed by atoms with E-state index < -0.39 is 42.0 Å². The number of alkyl halides is 3. The van der Waals surface area contributed by atoms with Crippen molar-refractivity contribution in [3.05, 3.63) is 0 Å². The van der Waals surface area contributed by atoms with Gasteiger partial charge in [-0.2, -0.15) is 13.2 Å². The highest BCUT2D eigenvalue weighted by atomic mass is 19.4. The summed E-state index contributed by atoms with van der Waals surface area (Å²) in [5.41, 5.74) is 1.53. The summed E-state index contributed by atoms with van der Waals surface area (Å²) >= 11 is 0. The molecule has 0 aromatic rings. The van der Waals surface area contributed by atoms with Crippen LogP contribution in [0.3, 0.4) is 0 Å². The standard InChI is InChI=1S/C11H17F3N2O3/c1-3-9(2,15)7(17)16-5-4-10(6-16,8(18)19)11(12,13)14/h3-6,15H2,1-2H3,(H,18,19). The Morgan fingerprint density at radius 2 is 1.95 bits per heavy atom. The van der Waals surface area contributed by atoms with Crippen LogP contribution < -0.4 is 5.73 Å². The molecule has 1 aliphatic rings. The minimum Gasteiger partial charge on any atom is -0.481 e. The lowest BCUT2D eigenvalue weighted by atomic mass is 9.86. The molecular weight excluding hydrogens is 265 g/mol. The second kappa shape index (κ2) is 4.66. The number of nitrogens with two attached hydrogens (primary N) is 1. The van der Waals surface area contributed by atoms with Crippen LogP contribution in [0.15, 0.2) is 0 Å². The van der Waals surface area contributed by atoms with Gasteiger partial charge in [-0.05, 0) is 19.8 Å². The highest BCUT2D eigenvalue weighted by Gasteiger charge is 2.64. The van der Waals surface area contributed by atoms with Crippen molar-refractivity contribution in [2.75, 3.05) is 13.1 Å². The molecule has 110 valence electrons. The Labute approximate surface area is 108 Å². The lowest BCUT2D eigenvalue weighted by Gasteiger charge is -2.30. The summed E-state index contributed by atoms with van der Waals surface area (Å²) in [5, 5.41) is 8.87. The largest absolute Gasteiger partial charge is 0.481 e. The number of likely N-dealkylation sites (tertiary alicyclic amines) is 1. The van der Waals surface area contributed by atoms with E-state index in [1.165, 1.54) is 6.92 Å². The number of hydrogen-bond acceptors (Lipinski definition) is 3. The number of amides is 1. The minimum absolute atomic E-state index is 0.253. The van der Waals surface area contributed by atoms with Crippen molar-refractivity contribution < 1.29 is 27.9 Å². The average Bonchev–Trinajstić information content (AvgIpc) is 2.73. The summed E-state index contributed by atoms with van der Waals surface area (Å²) in [6.07, 6.45) is -5.28. The highest BCUT2D eigenvalue weighted by molar-refractivity contribution is 5.87. The van der Waals surface area contributed by atoms with E-state index in [0.29, 0.717) is 0 Å². The van der Waals surface area contributed by atoms with Gasteiger partial charge in [0.05, 0.1) is 5.54 Å². The van der Waals surface area contributed by atoms with E-state index in [4.69, 9.17) is 10.8 Å². The number of carbonyl (C=O) groups is 2. The molecule has 1 fully saturated rings. The molecule has 1 saturated heterocycles. The Morgan fingerprint density at radius 1 is 1.42 bits per heavy atom. The Morgan fingerprint density at radius 3 is 2.26 bits per heavy atom. The quantitative estimate of drug-likeness (QED) is 0.808. The Bertz CT molecular complexity index is 395. The molecule has 1 aliphatic heterocycles. The number of hydrogen-bond donors (Lipinski definition) is 2. The highest BCUT2D eigenvalue weighted by Crippen LogP contribution is 2.46. The molecule has 2 atom stereocenters. The van der Waals surface area contributed by atoms with Crippen LogP contribution in [0.1, 0.15) is 26.7 Å². The Kier molecular flexibility index (Phi) is 3.86. The van der Waals surface area contributed by atoms with E-state index in [-0.39, 0.29) is 13.0 Å². The molecule has 8 heteroatoms. The number of nitrogens with zero attached hydrogens (tertiary/aromatic N) is 1. The van der Waals surface area contributed by atoms with Crippen LogP contribution in [0.2, 0.25) is 0 Å². The van der Waals surface area contributed by atoms with Crippen molar-refractivity contribution in [3.8, 4) is 0 Å². The van der Waals surface area contributed by atoms with Gasteiger partial charge in [-0.3, -0.25) is 9.59 Å². The zero-order valence-electron chi connectivity index (χ0n) is 10.8. The molecule has 1 rings (SSSR count). The van der Waals surface area contributed by atoms with Crippen LogP contribution in [0.4, 0.5) is 13.2 Å². The molecule has 2 unspecified atom stereocenters. The minimum atomic E-state index is -4.90. The van der Waals surface area contributed by atoms with Gasteiger partial charge in [0.15, 0.2) is 5.41 Å². The maximum atomic E-state index is 12.9. The van der Waals surface area contributed by atoms with Gasteiger partial charge in [-0.25, -0.2) is 0 Å². The summed E-state index contributed by atoms with van der Waals surface area (Å²) in [4.78, 5) is 23.8. The second-order valence-corrected chi connectivity index (χ2v) is 5.13. The number of rotatable bonds is 3. The van der Waals surface area contributed by atoms with Gasteiger partial charge in [0.1, 0.15) is 0 Å². The summed E-state index contributed by atoms with van der Waals surface area (Å²) in [6, 6.07) is 0. The first-order valence-corrected chi connectivity index (χ1v) is 5.86. The van der Waals surface area contributed by atoms with Gasteiger partial charge in [-0.1, -0.05) is 6.92 Å². The third-order valence-electron chi connectivity index (χ3n) is 3.73. The molecule has 0 radical (unpaired) electrons. The fourth-order valence-corrected chi connectivity index (χ4v) is 2.02. The lowest BCUT2D eigenvalue weighted by Crippen LogP contribution is -2.54. The number of carboxylic acid groups (broad SMARTS) is 1. The van der Waals surface area contributed by atoms with Crippen molar-refractivity contribution in [2.24, 2.45) is 11.1 Å². The predicted molar refractivity (Wildman–Crippen MR) is 60.2 cm³/mol. The summed E-state index contributed by atoms with van der Waals surface area (Å²) < 4.78 is 38.8. The van der Waals surface area contributed by atoms with Crippen molar-refractivity contribution in [3.63, 3.8) is 0 Å². The summed E-state index contributed by atoms with van der Waals surface area (Å²) in [7, 11) is 0. The first-order chi connectivity index (χ1) is 8.48. The van der Waals surface area contributed by atoms with E-state index >= 15 is 0 Å². The molecule has 5 nitrogen and oxygen atoms in total.